The highest BCUT2D eigenvalue weighted by atomic mass is 79.9. The second kappa shape index (κ2) is 5.83. The topological polar surface area (TPSA) is 113 Å². The molecule has 5 N–H and O–H groups in total. The van der Waals surface area contributed by atoms with Crippen molar-refractivity contribution in [1.82, 2.24) is 5.32 Å². The number of anilines is 1. The summed E-state index contributed by atoms with van der Waals surface area (Å²) in [6.45, 7) is 1.29. The summed E-state index contributed by atoms with van der Waals surface area (Å²) in [6, 6.07) is 3.17. The number of hydrogen-bond acceptors (Lipinski definition) is 4. The van der Waals surface area contributed by atoms with Crippen LogP contribution in [-0.2, 0) is 4.79 Å². The number of carboxylic acid groups (broad SMARTS) is 1. The molecule has 0 aliphatic rings. The van der Waals surface area contributed by atoms with Gasteiger partial charge in [0.2, 0.25) is 0 Å². The molecular formula is C11H13BrN2O4. The molecule has 0 fully saturated rings. The Morgan fingerprint density at radius 2 is 2.00 bits per heavy atom. The third-order valence-corrected chi connectivity index (χ3v) is 2.68. The maximum absolute atomic E-state index is 11.8. The quantitative estimate of drug-likeness (QED) is 0.607. The van der Waals surface area contributed by atoms with Crippen LogP contribution < -0.4 is 11.1 Å². The number of nitrogens with two attached hydrogens (primary N) is 1. The number of nitrogen functional groups attached to an aromatic ring is 1. The standard InChI is InChI=1S/C11H13BrN2O4/c1-5(15)9(11(17)18)14-10(16)6-2-7(12)4-8(13)3-6/h2-5,9,15H,13H2,1H3,(H,14,16)(H,17,18)/t5-,9+/m1/s1. The number of carboxylic acids is 1. The molecule has 1 amide bonds. The van der Waals surface area contributed by atoms with E-state index in [0.29, 0.717) is 10.2 Å². The largest absolute Gasteiger partial charge is 0.480 e. The maximum atomic E-state index is 11.8. The number of hydrogen-bond donors (Lipinski definition) is 4. The van der Waals surface area contributed by atoms with Gasteiger partial charge in [0.15, 0.2) is 6.04 Å². The molecule has 0 heterocycles. The third-order valence-electron chi connectivity index (χ3n) is 2.22. The molecule has 1 aromatic rings. The van der Waals surface area contributed by atoms with Gasteiger partial charge in [-0.3, -0.25) is 4.79 Å². The number of benzene rings is 1. The van der Waals surface area contributed by atoms with Crippen LogP contribution in [0.5, 0.6) is 0 Å². The molecule has 0 saturated heterocycles. The van der Waals surface area contributed by atoms with Crippen molar-refractivity contribution in [2.24, 2.45) is 0 Å². The van der Waals surface area contributed by atoms with Crippen molar-refractivity contribution in [2.75, 3.05) is 5.73 Å². The lowest BCUT2D eigenvalue weighted by Gasteiger charge is -2.17. The van der Waals surface area contributed by atoms with E-state index in [9.17, 15) is 14.7 Å². The van der Waals surface area contributed by atoms with Crippen molar-refractivity contribution in [3.63, 3.8) is 0 Å². The van der Waals surface area contributed by atoms with E-state index in [-0.39, 0.29) is 5.56 Å². The van der Waals surface area contributed by atoms with E-state index in [2.05, 4.69) is 21.2 Å². The van der Waals surface area contributed by atoms with E-state index in [1.54, 1.807) is 6.07 Å². The number of carbonyl (C=O) groups excluding carboxylic acids is 1. The second-order valence-corrected chi connectivity index (χ2v) is 4.72. The first-order valence-corrected chi connectivity index (χ1v) is 5.88. The average molecular weight is 317 g/mol. The minimum atomic E-state index is -1.36. The molecule has 2 atom stereocenters. The lowest BCUT2D eigenvalue weighted by atomic mass is 10.1. The zero-order chi connectivity index (χ0) is 13.9. The minimum absolute atomic E-state index is 0.216. The van der Waals surface area contributed by atoms with Crippen molar-refractivity contribution in [3.8, 4) is 0 Å². The number of aliphatic hydroxyl groups excluding tert-OH is 1. The fraction of sp³-hybridized carbons (Fsp3) is 0.273. The summed E-state index contributed by atoms with van der Waals surface area (Å²) in [7, 11) is 0. The highest BCUT2D eigenvalue weighted by Gasteiger charge is 2.25. The van der Waals surface area contributed by atoms with E-state index >= 15 is 0 Å². The highest BCUT2D eigenvalue weighted by molar-refractivity contribution is 9.10. The van der Waals surface area contributed by atoms with Crippen LogP contribution in [0.25, 0.3) is 0 Å². The Balaban J connectivity index is 2.90. The number of nitrogens with one attached hydrogen (secondary N) is 1. The molecule has 7 heteroatoms. The Labute approximate surface area is 112 Å². The number of halogens is 1. The summed E-state index contributed by atoms with van der Waals surface area (Å²) in [5.74, 6) is -1.92. The molecule has 98 valence electrons. The Bertz CT molecular complexity index is 456. The summed E-state index contributed by atoms with van der Waals surface area (Å²) in [4.78, 5) is 22.6. The zero-order valence-corrected chi connectivity index (χ0v) is 11.1. The molecule has 1 rings (SSSR count). The van der Waals surface area contributed by atoms with E-state index in [1.165, 1.54) is 19.1 Å². The van der Waals surface area contributed by atoms with Crippen LogP contribution in [-0.4, -0.2) is 34.2 Å². The van der Waals surface area contributed by atoms with Gasteiger partial charge in [-0.25, -0.2) is 4.79 Å². The van der Waals surface area contributed by atoms with E-state index in [1.807, 2.05) is 0 Å². The number of amides is 1. The molecular weight excluding hydrogens is 304 g/mol. The maximum Gasteiger partial charge on any atom is 0.328 e. The molecule has 0 radical (unpaired) electrons. The normalized spacial score (nSPS) is 13.7. The fourth-order valence-corrected chi connectivity index (χ4v) is 1.87. The van der Waals surface area contributed by atoms with Crippen LogP contribution in [0.3, 0.4) is 0 Å². The Hall–Kier alpha value is -1.60. The first kappa shape index (κ1) is 14.5. The molecule has 0 unspecified atom stereocenters. The Morgan fingerprint density at radius 1 is 1.39 bits per heavy atom. The molecule has 0 aromatic heterocycles. The van der Waals surface area contributed by atoms with Gasteiger partial charge in [-0.1, -0.05) is 15.9 Å². The van der Waals surface area contributed by atoms with Gasteiger partial charge >= 0.3 is 5.97 Å². The molecule has 0 saturated carbocycles. The van der Waals surface area contributed by atoms with Crippen molar-refractivity contribution in [1.29, 1.82) is 0 Å². The summed E-state index contributed by atoms with van der Waals surface area (Å²) in [5.41, 5.74) is 6.16. The zero-order valence-electron chi connectivity index (χ0n) is 9.55. The predicted octanol–water partition coefficient (Wildman–Crippen LogP) is 0.595. The summed E-state index contributed by atoms with van der Waals surface area (Å²) in [5, 5.41) is 20.3. The Kier molecular flexibility index (Phi) is 4.69. The van der Waals surface area contributed by atoms with Gasteiger partial charge < -0.3 is 21.3 Å². The monoisotopic (exact) mass is 316 g/mol. The van der Waals surface area contributed by atoms with Crippen molar-refractivity contribution < 1.29 is 19.8 Å². The summed E-state index contributed by atoms with van der Waals surface area (Å²) in [6.07, 6.45) is -1.20. The minimum Gasteiger partial charge on any atom is -0.480 e. The highest BCUT2D eigenvalue weighted by Crippen LogP contribution is 2.17. The Morgan fingerprint density at radius 3 is 2.44 bits per heavy atom. The first-order valence-electron chi connectivity index (χ1n) is 5.09. The molecule has 1 aromatic carbocycles. The van der Waals surface area contributed by atoms with Crippen LogP contribution in [0.15, 0.2) is 22.7 Å². The molecule has 0 spiro atoms. The lowest BCUT2D eigenvalue weighted by molar-refractivity contribution is -0.141. The van der Waals surface area contributed by atoms with Gasteiger partial charge in [0.25, 0.3) is 5.91 Å². The molecule has 6 nitrogen and oxygen atoms in total. The van der Waals surface area contributed by atoms with Gasteiger partial charge in [-0.2, -0.15) is 0 Å². The van der Waals surface area contributed by atoms with Crippen molar-refractivity contribution in [2.45, 2.75) is 19.1 Å². The van der Waals surface area contributed by atoms with E-state index in [4.69, 9.17) is 10.8 Å². The summed E-state index contributed by atoms with van der Waals surface area (Å²) >= 11 is 3.18. The van der Waals surface area contributed by atoms with Gasteiger partial charge in [0.05, 0.1) is 6.10 Å². The van der Waals surface area contributed by atoms with Crippen LogP contribution >= 0.6 is 15.9 Å². The van der Waals surface area contributed by atoms with Gasteiger partial charge in [-0.15, -0.1) is 0 Å². The van der Waals surface area contributed by atoms with Crippen LogP contribution in [0.1, 0.15) is 17.3 Å². The lowest BCUT2D eigenvalue weighted by Crippen LogP contribution is -2.47. The number of aliphatic hydroxyl groups is 1. The van der Waals surface area contributed by atoms with Crippen molar-refractivity contribution in [3.05, 3.63) is 28.2 Å². The summed E-state index contributed by atoms with van der Waals surface area (Å²) < 4.78 is 0.608. The van der Waals surface area contributed by atoms with Crippen LogP contribution in [0.2, 0.25) is 0 Å². The van der Waals surface area contributed by atoms with E-state index in [0.717, 1.165) is 0 Å². The smallest absolute Gasteiger partial charge is 0.328 e. The third kappa shape index (κ3) is 3.71. The first-order chi connectivity index (χ1) is 8.31. The second-order valence-electron chi connectivity index (χ2n) is 3.80. The van der Waals surface area contributed by atoms with Gasteiger partial charge in [0, 0.05) is 15.7 Å². The van der Waals surface area contributed by atoms with Crippen LogP contribution in [0.4, 0.5) is 5.69 Å². The van der Waals surface area contributed by atoms with Crippen molar-refractivity contribution >= 4 is 33.5 Å². The fourth-order valence-electron chi connectivity index (χ4n) is 1.36. The number of aliphatic carboxylic acids is 1. The molecule has 0 aliphatic heterocycles. The number of carbonyl (C=O) groups is 2. The van der Waals surface area contributed by atoms with Crippen LogP contribution in [0, 0.1) is 0 Å². The van der Waals surface area contributed by atoms with Gasteiger partial charge in [-0.05, 0) is 25.1 Å². The van der Waals surface area contributed by atoms with Gasteiger partial charge in [0.1, 0.15) is 0 Å². The molecule has 0 bridgehead atoms. The molecule has 18 heavy (non-hydrogen) atoms. The average Bonchev–Trinajstić information content (AvgIpc) is 2.23. The molecule has 0 aliphatic carbocycles. The SMILES string of the molecule is C[C@@H](O)[C@H](NC(=O)c1cc(N)cc(Br)c1)C(=O)O. The number of rotatable bonds is 4. The van der Waals surface area contributed by atoms with E-state index < -0.39 is 24.0 Å². The predicted molar refractivity (Wildman–Crippen MR) is 69.1 cm³/mol.